The summed E-state index contributed by atoms with van der Waals surface area (Å²) in [6.07, 6.45) is 7.78. The van der Waals surface area contributed by atoms with Gasteiger partial charge in [-0.2, -0.15) is 0 Å². The number of aryl methyl sites for hydroxylation is 4. The number of nitrogens with zero attached hydrogens (tertiary/aromatic N) is 2. The summed E-state index contributed by atoms with van der Waals surface area (Å²) in [7, 11) is -2.86. The summed E-state index contributed by atoms with van der Waals surface area (Å²) in [4.78, 5) is 4.73. The Kier molecular flexibility index (Phi) is 5.54. The summed E-state index contributed by atoms with van der Waals surface area (Å²) in [5.74, 6) is 0. The van der Waals surface area contributed by atoms with E-state index in [1.54, 1.807) is 0 Å². The third-order valence-electron chi connectivity index (χ3n) is 6.61. The lowest BCUT2D eigenvalue weighted by atomic mass is 9.95. The van der Waals surface area contributed by atoms with Gasteiger partial charge in [0, 0.05) is 22.7 Å². The normalized spacial score (nSPS) is 15.0. The van der Waals surface area contributed by atoms with Gasteiger partial charge in [-0.3, -0.25) is 4.57 Å². The number of benzene rings is 2. The van der Waals surface area contributed by atoms with Crippen LogP contribution in [0.1, 0.15) is 63.8 Å². The van der Waals surface area contributed by atoms with Crippen LogP contribution in [0.4, 0.5) is 0 Å². The van der Waals surface area contributed by atoms with Crippen LogP contribution in [0, 0.1) is 0 Å². The fourth-order valence-electron chi connectivity index (χ4n) is 4.96. The van der Waals surface area contributed by atoms with Crippen molar-refractivity contribution in [1.29, 1.82) is 0 Å². The fourth-order valence-corrected chi connectivity index (χ4v) is 8.88. The molecule has 0 amide bonds. The van der Waals surface area contributed by atoms with Gasteiger partial charge in [-0.25, -0.2) is 4.98 Å². The minimum absolute atomic E-state index is 0.381. The van der Waals surface area contributed by atoms with Crippen LogP contribution in [-0.4, -0.2) is 19.9 Å². The lowest BCUT2D eigenvalue weighted by Crippen LogP contribution is -2.38. The van der Waals surface area contributed by atoms with Gasteiger partial charge >= 0.3 is 0 Å². The van der Waals surface area contributed by atoms with Crippen LogP contribution >= 0.6 is 7.14 Å². The SMILES string of the molecule is CC(C)(C)P(=O)(c1nccn1-c1cc2ccc1CCc1ccc(cc1)CC2)C(C)(C)C. The van der Waals surface area contributed by atoms with Crippen molar-refractivity contribution in [1.82, 2.24) is 9.55 Å². The molecule has 0 spiro atoms. The van der Waals surface area contributed by atoms with E-state index >= 15 is 0 Å². The van der Waals surface area contributed by atoms with Gasteiger partial charge in [0.05, 0.1) is 5.69 Å². The molecule has 3 nitrogen and oxygen atoms in total. The highest BCUT2D eigenvalue weighted by molar-refractivity contribution is 7.74. The molecule has 0 unspecified atom stereocenters. The van der Waals surface area contributed by atoms with E-state index in [4.69, 9.17) is 4.98 Å². The molecule has 0 aliphatic heterocycles. The Balaban J connectivity index is 1.87. The Morgan fingerprint density at radius 1 is 0.774 bits per heavy atom. The van der Waals surface area contributed by atoms with Gasteiger partial charge in [0.25, 0.3) is 0 Å². The zero-order chi connectivity index (χ0) is 22.4. The van der Waals surface area contributed by atoms with E-state index in [9.17, 15) is 4.57 Å². The van der Waals surface area contributed by atoms with Crippen molar-refractivity contribution in [3.63, 3.8) is 0 Å². The second-order valence-corrected chi connectivity index (χ2v) is 15.1. The highest BCUT2D eigenvalue weighted by atomic mass is 31.2. The third-order valence-corrected chi connectivity index (χ3v) is 11.3. The molecule has 0 saturated carbocycles. The molecule has 0 N–H and O–H groups in total. The number of aromatic nitrogens is 2. The molecule has 7 rings (SSSR count). The zero-order valence-electron chi connectivity index (χ0n) is 19.8. The molecule has 4 aliphatic carbocycles. The second kappa shape index (κ2) is 7.78. The monoisotopic (exact) mass is 434 g/mol. The van der Waals surface area contributed by atoms with E-state index in [2.05, 4.69) is 88.6 Å². The summed E-state index contributed by atoms with van der Waals surface area (Å²) in [5, 5.41) is -0.762. The van der Waals surface area contributed by atoms with E-state index in [1.165, 1.54) is 22.3 Å². The van der Waals surface area contributed by atoms with Crippen molar-refractivity contribution in [3.8, 4) is 5.69 Å². The lowest BCUT2D eigenvalue weighted by molar-refractivity contribution is 0.525. The van der Waals surface area contributed by atoms with Crippen LogP contribution in [0.2, 0.25) is 0 Å². The molecule has 4 bridgehead atoms. The summed E-state index contributed by atoms with van der Waals surface area (Å²) in [6, 6.07) is 15.9. The van der Waals surface area contributed by atoms with Gasteiger partial charge in [-0.15, -0.1) is 0 Å². The molecule has 3 aromatic rings. The number of imidazole rings is 1. The molecular weight excluding hydrogens is 399 g/mol. The first-order valence-electron chi connectivity index (χ1n) is 11.3. The number of rotatable bonds is 2. The van der Waals surface area contributed by atoms with E-state index in [1.807, 2.05) is 12.4 Å². The smallest absolute Gasteiger partial charge is 0.175 e. The van der Waals surface area contributed by atoms with Crippen LogP contribution in [0.15, 0.2) is 54.9 Å². The van der Waals surface area contributed by atoms with Crippen molar-refractivity contribution in [3.05, 3.63) is 77.1 Å². The van der Waals surface area contributed by atoms with E-state index in [0.29, 0.717) is 0 Å². The molecule has 4 aliphatic rings. The van der Waals surface area contributed by atoms with Gasteiger partial charge in [0.2, 0.25) is 0 Å². The Morgan fingerprint density at radius 2 is 1.29 bits per heavy atom. The molecule has 1 heterocycles. The van der Waals surface area contributed by atoms with Gasteiger partial charge in [0.15, 0.2) is 12.7 Å². The first kappa shape index (κ1) is 22.1. The predicted octanol–water partition coefficient (Wildman–Crippen LogP) is 6.34. The van der Waals surface area contributed by atoms with Gasteiger partial charge in [-0.05, 0) is 54.0 Å². The van der Waals surface area contributed by atoms with Crippen molar-refractivity contribution >= 4 is 12.7 Å². The minimum atomic E-state index is -2.86. The average Bonchev–Trinajstić information content (AvgIpc) is 3.17. The van der Waals surface area contributed by atoms with E-state index in [-0.39, 0.29) is 10.3 Å². The van der Waals surface area contributed by atoms with Gasteiger partial charge in [0.1, 0.15) is 0 Å². The van der Waals surface area contributed by atoms with Crippen LogP contribution in [0.25, 0.3) is 5.69 Å². The van der Waals surface area contributed by atoms with Crippen LogP contribution < -0.4 is 5.57 Å². The standard InChI is InChI=1S/C27H35N2OP/c1-26(2,3)31(30,27(4,5)6)25-28-17-18-29(25)24-19-22-12-11-20-7-9-21(10-8-20)13-15-23(24)16-14-22/h7-10,14,16-19H,11-13,15H2,1-6H3. The number of hydrogen-bond acceptors (Lipinski definition) is 2. The Labute approximate surface area is 187 Å². The maximum Gasteiger partial charge on any atom is 0.175 e. The lowest BCUT2D eigenvalue weighted by Gasteiger charge is -2.40. The van der Waals surface area contributed by atoms with Crippen molar-refractivity contribution in [2.75, 3.05) is 0 Å². The highest BCUT2D eigenvalue weighted by Crippen LogP contribution is 2.65. The quantitative estimate of drug-likeness (QED) is 0.441. The molecule has 0 saturated heterocycles. The molecule has 0 radical (unpaired) electrons. The van der Waals surface area contributed by atoms with Crippen LogP contribution in [0.3, 0.4) is 0 Å². The summed E-state index contributed by atoms with van der Waals surface area (Å²) >= 11 is 0. The minimum Gasteiger partial charge on any atom is -0.314 e. The highest BCUT2D eigenvalue weighted by Gasteiger charge is 2.50. The Morgan fingerprint density at radius 3 is 1.87 bits per heavy atom. The first-order chi connectivity index (χ1) is 14.5. The summed E-state index contributed by atoms with van der Waals surface area (Å²) < 4.78 is 16.8. The maximum atomic E-state index is 14.7. The molecule has 0 atom stereocenters. The molecule has 1 aromatic heterocycles. The maximum absolute atomic E-state index is 14.7. The molecule has 31 heavy (non-hydrogen) atoms. The number of hydrogen-bond donors (Lipinski definition) is 0. The fraction of sp³-hybridized carbons (Fsp3) is 0.444. The molecular formula is C27H35N2OP. The molecule has 164 valence electrons. The van der Waals surface area contributed by atoms with E-state index in [0.717, 1.165) is 36.9 Å². The van der Waals surface area contributed by atoms with Crippen LogP contribution in [-0.2, 0) is 30.2 Å². The van der Waals surface area contributed by atoms with Gasteiger partial charge in [-0.1, -0.05) is 77.9 Å². The van der Waals surface area contributed by atoms with Crippen molar-refractivity contribution in [2.24, 2.45) is 0 Å². The molecule has 4 heteroatoms. The summed E-state index contributed by atoms with van der Waals surface area (Å²) in [6.45, 7) is 12.5. The van der Waals surface area contributed by atoms with Crippen molar-refractivity contribution in [2.45, 2.75) is 77.5 Å². The van der Waals surface area contributed by atoms with Crippen LogP contribution in [0.5, 0.6) is 0 Å². The first-order valence-corrected chi connectivity index (χ1v) is 13.1. The Hall–Kier alpha value is -2.12. The van der Waals surface area contributed by atoms with E-state index < -0.39 is 7.14 Å². The average molecular weight is 435 g/mol. The largest absolute Gasteiger partial charge is 0.314 e. The van der Waals surface area contributed by atoms with Gasteiger partial charge < -0.3 is 4.57 Å². The van der Waals surface area contributed by atoms with Crippen molar-refractivity contribution < 1.29 is 4.57 Å². The molecule has 2 aromatic carbocycles. The third kappa shape index (κ3) is 3.94. The predicted molar refractivity (Wildman–Crippen MR) is 132 cm³/mol. The zero-order valence-corrected chi connectivity index (χ0v) is 20.7. The molecule has 0 fully saturated rings. The summed E-state index contributed by atoms with van der Waals surface area (Å²) in [5.41, 5.74) is 7.19. The topological polar surface area (TPSA) is 34.9 Å². The Bertz CT molecular complexity index is 1110. The second-order valence-electron chi connectivity index (χ2n) is 10.8.